The summed E-state index contributed by atoms with van der Waals surface area (Å²) in [5.41, 5.74) is 1.15. The van der Waals surface area contributed by atoms with E-state index >= 15 is 0 Å². The Bertz CT molecular complexity index is 591. The zero-order valence-electron chi connectivity index (χ0n) is 13.8. The molecule has 0 bridgehead atoms. The minimum Gasteiger partial charge on any atom is -0.385 e. The number of hydrogen-bond acceptors (Lipinski definition) is 4. The Labute approximate surface area is 137 Å². The van der Waals surface area contributed by atoms with Gasteiger partial charge in [0.25, 0.3) is 0 Å². The Morgan fingerprint density at radius 3 is 2.70 bits per heavy atom. The molecule has 2 rings (SSSR count). The largest absolute Gasteiger partial charge is 0.385 e. The van der Waals surface area contributed by atoms with Crippen LogP contribution in [0.4, 0.5) is 5.69 Å². The molecule has 0 aliphatic carbocycles. The van der Waals surface area contributed by atoms with Crippen molar-refractivity contribution in [3.8, 4) is 0 Å². The highest BCUT2D eigenvalue weighted by atomic mass is 15.3. The van der Waals surface area contributed by atoms with Crippen LogP contribution in [0.2, 0.25) is 0 Å². The number of benzene rings is 1. The Morgan fingerprint density at radius 1 is 1.17 bits per heavy atom. The number of hydrogen-bond donors (Lipinski definition) is 3. The number of nitrogens with zero attached hydrogens (tertiary/aromatic N) is 4. The average molecular weight is 315 g/mol. The van der Waals surface area contributed by atoms with Crippen molar-refractivity contribution in [2.75, 3.05) is 25.0 Å². The van der Waals surface area contributed by atoms with Gasteiger partial charge in [-0.25, -0.2) is 9.98 Å². The summed E-state index contributed by atoms with van der Waals surface area (Å²) in [6.45, 7) is 5.15. The standard InChI is InChI=1S/C16H25N7/c1-3-17-16(20-12-15-21-13-22-23(15)2)19-11-7-10-18-14-8-5-4-6-9-14/h4-6,8-9,13,18H,3,7,10-12H2,1-2H3,(H2,17,19,20). The fourth-order valence-corrected chi connectivity index (χ4v) is 2.04. The second kappa shape index (κ2) is 9.45. The Hall–Kier alpha value is -2.57. The van der Waals surface area contributed by atoms with E-state index in [0.29, 0.717) is 6.54 Å². The van der Waals surface area contributed by atoms with Crippen LogP contribution in [0.1, 0.15) is 19.2 Å². The van der Waals surface area contributed by atoms with Crippen molar-refractivity contribution in [3.05, 3.63) is 42.5 Å². The van der Waals surface area contributed by atoms with E-state index in [9.17, 15) is 0 Å². The van der Waals surface area contributed by atoms with E-state index in [1.807, 2.05) is 25.2 Å². The molecule has 1 aromatic carbocycles. The predicted octanol–water partition coefficient (Wildman–Crippen LogP) is 1.37. The molecule has 124 valence electrons. The zero-order valence-corrected chi connectivity index (χ0v) is 13.8. The summed E-state index contributed by atoms with van der Waals surface area (Å²) in [4.78, 5) is 8.69. The minimum atomic E-state index is 0.508. The van der Waals surface area contributed by atoms with Crippen molar-refractivity contribution in [3.63, 3.8) is 0 Å². The molecular weight excluding hydrogens is 290 g/mol. The van der Waals surface area contributed by atoms with Crippen LogP contribution in [0.15, 0.2) is 41.7 Å². The first-order chi connectivity index (χ1) is 11.3. The Kier molecular flexibility index (Phi) is 6.90. The van der Waals surface area contributed by atoms with E-state index in [1.54, 1.807) is 11.0 Å². The molecule has 0 unspecified atom stereocenters. The molecule has 3 N–H and O–H groups in total. The molecule has 0 spiro atoms. The molecule has 0 amide bonds. The fraction of sp³-hybridized carbons (Fsp3) is 0.438. The first-order valence-electron chi connectivity index (χ1n) is 7.93. The van der Waals surface area contributed by atoms with Crippen LogP contribution in [0.5, 0.6) is 0 Å². The molecule has 23 heavy (non-hydrogen) atoms. The zero-order chi connectivity index (χ0) is 16.3. The summed E-state index contributed by atoms with van der Waals surface area (Å²) in [6, 6.07) is 10.2. The molecule has 0 radical (unpaired) electrons. The highest BCUT2D eigenvalue weighted by Crippen LogP contribution is 2.04. The quantitative estimate of drug-likeness (QED) is 0.389. The molecular formula is C16H25N7. The monoisotopic (exact) mass is 315 g/mol. The summed E-state index contributed by atoms with van der Waals surface area (Å²) in [5, 5.41) is 14.0. The van der Waals surface area contributed by atoms with Gasteiger partial charge < -0.3 is 16.0 Å². The Morgan fingerprint density at radius 2 is 2.00 bits per heavy atom. The molecule has 2 aromatic rings. The van der Waals surface area contributed by atoms with Crippen LogP contribution in [0.25, 0.3) is 0 Å². The van der Waals surface area contributed by atoms with Crippen molar-refractivity contribution in [1.29, 1.82) is 0 Å². The third-order valence-electron chi connectivity index (χ3n) is 3.28. The maximum Gasteiger partial charge on any atom is 0.191 e. The van der Waals surface area contributed by atoms with Gasteiger partial charge in [0.05, 0.1) is 0 Å². The van der Waals surface area contributed by atoms with Gasteiger partial charge in [-0.1, -0.05) is 18.2 Å². The molecule has 1 aromatic heterocycles. The van der Waals surface area contributed by atoms with Gasteiger partial charge in [0.2, 0.25) is 0 Å². The van der Waals surface area contributed by atoms with Crippen LogP contribution in [-0.4, -0.2) is 40.4 Å². The number of para-hydroxylation sites is 1. The maximum absolute atomic E-state index is 4.52. The van der Waals surface area contributed by atoms with Crippen molar-refractivity contribution in [2.45, 2.75) is 19.9 Å². The highest BCUT2D eigenvalue weighted by molar-refractivity contribution is 5.79. The molecule has 1 heterocycles. The summed E-state index contributed by atoms with van der Waals surface area (Å²) < 4.78 is 1.73. The molecule has 7 heteroatoms. The summed E-state index contributed by atoms with van der Waals surface area (Å²) >= 11 is 0. The van der Waals surface area contributed by atoms with Crippen molar-refractivity contribution in [2.24, 2.45) is 12.0 Å². The summed E-state index contributed by atoms with van der Waals surface area (Å²) in [5.74, 6) is 1.64. The Balaban J connectivity index is 1.70. The summed E-state index contributed by atoms with van der Waals surface area (Å²) in [6.07, 6.45) is 2.55. The summed E-state index contributed by atoms with van der Waals surface area (Å²) in [7, 11) is 1.87. The fourth-order valence-electron chi connectivity index (χ4n) is 2.04. The normalized spacial score (nSPS) is 11.3. The highest BCUT2D eigenvalue weighted by Gasteiger charge is 2.01. The topological polar surface area (TPSA) is 79.2 Å². The van der Waals surface area contributed by atoms with Crippen molar-refractivity contribution >= 4 is 11.6 Å². The van der Waals surface area contributed by atoms with Crippen molar-refractivity contribution < 1.29 is 0 Å². The molecule has 0 aliphatic rings. The number of aliphatic imine (C=N–C) groups is 1. The van der Waals surface area contributed by atoms with E-state index in [2.05, 4.69) is 50.1 Å². The minimum absolute atomic E-state index is 0.508. The molecule has 0 saturated carbocycles. The van der Waals surface area contributed by atoms with E-state index in [1.165, 1.54) is 0 Å². The van der Waals surface area contributed by atoms with Gasteiger partial charge in [-0.3, -0.25) is 4.68 Å². The second-order valence-corrected chi connectivity index (χ2v) is 5.07. The lowest BCUT2D eigenvalue weighted by Crippen LogP contribution is -2.38. The number of rotatable bonds is 8. The third-order valence-corrected chi connectivity index (χ3v) is 3.28. The number of anilines is 1. The van der Waals surface area contributed by atoms with Gasteiger partial charge in [0, 0.05) is 32.4 Å². The number of aromatic nitrogens is 3. The molecule has 0 saturated heterocycles. The van der Waals surface area contributed by atoms with Gasteiger partial charge in [0.15, 0.2) is 5.96 Å². The van der Waals surface area contributed by atoms with Gasteiger partial charge in [-0.2, -0.15) is 5.10 Å². The second-order valence-electron chi connectivity index (χ2n) is 5.07. The molecule has 0 atom stereocenters. The van der Waals surface area contributed by atoms with Gasteiger partial charge in [-0.05, 0) is 25.5 Å². The lowest BCUT2D eigenvalue weighted by atomic mass is 10.3. The maximum atomic E-state index is 4.52. The van der Waals surface area contributed by atoms with Crippen LogP contribution in [0.3, 0.4) is 0 Å². The molecule has 7 nitrogen and oxygen atoms in total. The molecule has 0 fully saturated rings. The number of guanidine groups is 1. The third kappa shape index (κ3) is 5.98. The lowest BCUT2D eigenvalue weighted by Gasteiger charge is -2.11. The number of nitrogens with one attached hydrogen (secondary N) is 3. The molecule has 0 aliphatic heterocycles. The average Bonchev–Trinajstić information content (AvgIpc) is 2.98. The predicted molar refractivity (Wildman–Crippen MR) is 93.4 cm³/mol. The van der Waals surface area contributed by atoms with Gasteiger partial charge >= 0.3 is 0 Å². The van der Waals surface area contributed by atoms with Gasteiger partial charge in [0.1, 0.15) is 18.7 Å². The van der Waals surface area contributed by atoms with Gasteiger partial charge in [-0.15, -0.1) is 0 Å². The smallest absolute Gasteiger partial charge is 0.191 e. The van der Waals surface area contributed by atoms with E-state index in [0.717, 1.165) is 43.5 Å². The van der Waals surface area contributed by atoms with Crippen molar-refractivity contribution in [1.82, 2.24) is 25.4 Å². The van der Waals surface area contributed by atoms with E-state index in [4.69, 9.17) is 0 Å². The van der Waals surface area contributed by atoms with Crippen LogP contribution in [-0.2, 0) is 13.6 Å². The van der Waals surface area contributed by atoms with Crippen LogP contribution >= 0.6 is 0 Å². The lowest BCUT2D eigenvalue weighted by molar-refractivity contribution is 0.696. The van der Waals surface area contributed by atoms with E-state index < -0.39 is 0 Å². The van der Waals surface area contributed by atoms with Crippen LogP contribution < -0.4 is 16.0 Å². The first kappa shape index (κ1) is 16.8. The first-order valence-corrected chi connectivity index (χ1v) is 7.93. The van der Waals surface area contributed by atoms with Crippen LogP contribution in [0, 0.1) is 0 Å². The van der Waals surface area contributed by atoms with E-state index in [-0.39, 0.29) is 0 Å². The SMILES string of the molecule is CCNC(=NCc1ncnn1C)NCCCNc1ccccc1. The number of aryl methyl sites for hydroxylation is 1.